The highest BCUT2D eigenvalue weighted by molar-refractivity contribution is 5.91. The maximum atomic E-state index is 10.4. The average Bonchev–Trinajstić information content (AvgIpc) is 2.50. The monoisotopic (exact) mass is 123 g/mol. The van der Waals surface area contributed by atoms with E-state index in [1.807, 2.05) is 12.2 Å². The van der Waals surface area contributed by atoms with Crippen LogP contribution in [0.5, 0.6) is 0 Å². The second-order valence-corrected chi connectivity index (χ2v) is 2.17. The molecule has 0 saturated heterocycles. The quantitative estimate of drug-likeness (QED) is 0.541. The van der Waals surface area contributed by atoms with Crippen LogP contribution in [0.15, 0.2) is 23.3 Å². The van der Waals surface area contributed by atoms with Gasteiger partial charge in [-0.15, -0.1) is 0 Å². The summed E-state index contributed by atoms with van der Waals surface area (Å²) in [5.74, 6) is -0.331. The molecule has 0 aromatic carbocycles. The van der Waals surface area contributed by atoms with Gasteiger partial charge in [0.05, 0.1) is 0 Å². The number of nitrogens with two attached hydrogens (primary N) is 1. The minimum atomic E-state index is -0.331. The van der Waals surface area contributed by atoms with Crippen molar-refractivity contribution in [1.29, 1.82) is 0 Å². The molecule has 0 aromatic rings. The summed E-state index contributed by atoms with van der Waals surface area (Å²) in [6, 6.07) is 0. The highest BCUT2D eigenvalue weighted by Gasteiger charge is 2.05. The van der Waals surface area contributed by atoms with Crippen molar-refractivity contribution in [3.05, 3.63) is 23.3 Å². The molecule has 0 spiro atoms. The number of amides is 1. The van der Waals surface area contributed by atoms with Crippen LogP contribution in [0.2, 0.25) is 0 Å². The molecule has 1 rings (SSSR count). The standard InChI is InChI=1S/C7H9NO/c1-5(7(8)9)4-6-2-3-6/h2,4H,3H2,1H3,(H2,8,9). The molecular weight excluding hydrogens is 114 g/mol. The Hall–Kier alpha value is -1.05. The van der Waals surface area contributed by atoms with Crippen LogP contribution in [0.3, 0.4) is 0 Å². The number of allylic oxidation sites excluding steroid dienone is 3. The highest BCUT2D eigenvalue weighted by Crippen LogP contribution is 2.20. The predicted octanol–water partition coefficient (Wildman–Crippen LogP) is 0.748. The molecule has 0 saturated carbocycles. The van der Waals surface area contributed by atoms with E-state index in [1.54, 1.807) is 6.92 Å². The van der Waals surface area contributed by atoms with E-state index < -0.39 is 0 Å². The van der Waals surface area contributed by atoms with E-state index in [0.29, 0.717) is 5.57 Å². The summed E-state index contributed by atoms with van der Waals surface area (Å²) in [5, 5.41) is 0. The Morgan fingerprint density at radius 3 is 2.78 bits per heavy atom. The molecule has 0 aromatic heterocycles. The third-order valence-corrected chi connectivity index (χ3v) is 1.23. The highest BCUT2D eigenvalue weighted by atomic mass is 16.1. The summed E-state index contributed by atoms with van der Waals surface area (Å²) in [7, 11) is 0. The predicted molar refractivity (Wildman–Crippen MR) is 35.7 cm³/mol. The van der Waals surface area contributed by atoms with Gasteiger partial charge in [0, 0.05) is 5.57 Å². The van der Waals surface area contributed by atoms with Crippen LogP contribution in [0, 0.1) is 0 Å². The molecule has 1 amide bonds. The zero-order chi connectivity index (χ0) is 6.85. The number of hydrogen-bond donors (Lipinski definition) is 1. The van der Waals surface area contributed by atoms with Crippen LogP contribution < -0.4 is 5.73 Å². The van der Waals surface area contributed by atoms with Crippen molar-refractivity contribution >= 4 is 5.91 Å². The topological polar surface area (TPSA) is 43.1 Å². The van der Waals surface area contributed by atoms with Gasteiger partial charge in [0.1, 0.15) is 0 Å². The zero-order valence-corrected chi connectivity index (χ0v) is 5.35. The Morgan fingerprint density at radius 1 is 1.89 bits per heavy atom. The fourth-order valence-electron chi connectivity index (χ4n) is 0.526. The normalized spacial score (nSPS) is 17.0. The molecule has 0 aliphatic heterocycles. The molecule has 0 fully saturated rings. The minimum Gasteiger partial charge on any atom is -0.366 e. The summed E-state index contributed by atoms with van der Waals surface area (Å²) in [6.45, 7) is 1.72. The van der Waals surface area contributed by atoms with E-state index in [2.05, 4.69) is 0 Å². The largest absolute Gasteiger partial charge is 0.366 e. The van der Waals surface area contributed by atoms with Crippen LogP contribution in [-0.4, -0.2) is 5.91 Å². The van der Waals surface area contributed by atoms with E-state index in [-0.39, 0.29) is 5.91 Å². The minimum absolute atomic E-state index is 0.331. The Bertz CT molecular complexity index is 201. The van der Waals surface area contributed by atoms with Gasteiger partial charge in [-0.25, -0.2) is 0 Å². The molecule has 0 bridgehead atoms. The number of carbonyl (C=O) groups is 1. The molecule has 1 aliphatic carbocycles. The van der Waals surface area contributed by atoms with Gasteiger partial charge in [0.2, 0.25) is 5.91 Å². The van der Waals surface area contributed by atoms with E-state index >= 15 is 0 Å². The molecule has 48 valence electrons. The van der Waals surface area contributed by atoms with Gasteiger partial charge in [-0.3, -0.25) is 4.79 Å². The van der Waals surface area contributed by atoms with E-state index in [9.17, 15) is 4.79 Å². The van der Waals surface area contributed by atoms with Crippen molar-refractivity contribution in [3.8, 4) is 0 Å². The van der Waals surface area contributed by atoms with Gasteiger partial charge in [0.15, 0.2) is 0 Å². The van der Waals surface area contributed by atoms with E-state index in [0.717, 1.165) is 6.42 Å². The van der Waals surface area contributed by atoms with Crippen molar-refractivity contribution in [2.24, 2.45) is 5.73 Å². The van der Waals surface area contributed by atoms with Crippen molar-refractivity contribution < 1.29 is 4.79 Å². The first-order chi connectivity index (χ1) is 4.20. The summed E-state index contributed by atoms with van der Waals surface area (Å²) >= 11 is 0. The fourth-order valence-corrected chi connectivity index (χ4v) is 0.526. The maximum Gasteiger partial charge on any atom is 0.244 e. The Labute approximate surface area is 54.0 Å². The first-order valence-electron chi connectivity index (χ1n) is 2.87. The van der Waals surface area contributed by atoms with Crippen molar-refractivity contribution in [2.75, 3.05) is 0 Å². The third-order valence-electron chi connectivity index (χ3n) is 1.23. The average molecular weight is 123 g/mol. The summed E-state index contributed by atoms with van der Waals surface area (Å²) < 4.78 is 0. The number of carbonyl (C=O) groups excluding carboxylic acids is 1. The smallest absolute Gasteiger partial charge is 0.244 e. The van der Waals surface area contributed by atoms with Gasteiger partial charge in [-0.2, -0.15) is 0 Å². The zero-order valence-electron chi connectivity index (χ0n) is 5.35. The Balaban J connectivity index is 2.57. The number of primary amides is 1. The maximum absolute atomic E-state index is 10.4. The van der Waals surface area contributed by atoms with Gasteiger partial charge in [-0.1, -0.05) is 12.2 Å². The van der Waals surface area contributed by atoms with Crippen LogP contribution in [0.25, 0.3) is 0 Å². The summed E-state index contributed by atoms with van der Waals surface area (Å²) in [5.41, 5.74) is 6.83. The van der Waals surface area contributed by atoms with Gasteiger partial charge in [-0.05, 0) is 18.9 Å². The van der Waals surface area contributed by atoms with Gasteiger partial charge in [0.25, 0.3) is 0 Å². The van der Waals surface area contributed by atoms with E-state index in [1.165, 1.54) is 5.57 Å². The molecule has 0 radical (unpaired) electrons. The third kappa shape index (κ3) is 1.72. The van der Waals surface area contributed by atoms with Crippen LogP contribution >= 0.6 is 0 Å². The Morgan fingerprint density at radius 2 is 2.44 bits per heavy atom. The SMILES string of the molecule is CC(=CC1=CC1)C(N)=O. The molecule has 0 unspecified atom stereocenters. The lowest BCUT2D eigenvalue weighted by Crippen LogP contribution is -2.11. The lowest BCUT2D eigenvalue weighted by atomic mass is 10.2. The van der Waals surface area contributed by atoms with Gasteiger partial charge >= 0.3 is 0 Å². The lowest BCUT2D eigenvalue weighted by Gasteiger charge is -1.88. The van der Waals surface area contributed by atoms with E-state index in [4.69, 9.17) is 5.73 Å². The summed E-state index contributed by atoms with van der Waals surface area (Å²) in [4.78, 5) is 10.4. The summed E-state index contributed by atoms with van der Waals surface area (Å²) in [6.07, 6.45) is 4.89. The van der Waals surface area contributed by atoms with Crippen LogP contribution in [0.4, 0.5) is 0 Å². The second kappa shape index (κ2) is 2.05. The number of hydrogen-bond acceptors (Lipinski definition) is 1. The molecule has 2 N–H and O–H groups in total. The lowest BCUT2D eigenvalue weighted by molar-refractivity contribution is -0.114. The second-order valence-electron chi connectivity index (χ2n) is 2.17. The van der Waals surface area contributed by atoms with Crippen LogP contribution in [-0.2, 0) is 4.79 Å². The van der Waals surface area contributed by atoms with Crippen molar-refractivity contribution in [2.45, 2.75) is 13.3 Å². The number of rotatable bonds is 2. The van der Waals surface area contributed by atoms with Crippen molar-refractivity contribution in [3.63, 3.8) is 0 Å². The molecule has 1 aliphatic rings. The van der Waals surface area contributed by atoms with Crippen LogP contribution in [0.1, 0.15) is 13.3 Å². The molecule has 0 heterocycles. The molecule has 2 heteroatoms. The molecular formula is C7H9NO. The first kappa shape index (κ1) is 6.08. The molecule has 0 atom stereocenters. The first-order valence-corrected chi connectivity index (χ1v) is 2.87. The van der Waals surface area contributed by atoms with Gasteiger partial charge < -0.3 is 5.73 Å². The fraction of sp³-hybridized carbons (Fsp3) is 0.286. The molecule has 9 heavy (non-hydrogen) atoms. The van der Waals surface area contributed by atoms with Crippen molar-refractivity contribution in [1.82, 2.24) is 0 Å². The Kier molecular flexibility index (Phi) is 1.39. The molecule has 2 nitrogen and oxygen atoms in total.